The second-order valence-electron chi connectivity index (χ2n) is 6.64. The van der Waals surface area contributed by atoms with Crippen LogP contribution in [0, 0.1) is 0 Å². The van der Waals surface area contributed by atoms with Crippen molar-refractivity contribution in [3.05, 3.63) is 48.3 Å². The van der Waals surface area contributed by atoms with Gasteiger partial charge in [0, 0.05) is 18.2 Å². The van der Waals surface area contributed by atoms with E-state index in [2.05, 4.69) is 22.1 Å². The Balaban J connectivity index is 1.64. The van der Waals surface area contributed by atoms with Crippen molar-refractivity contribution in [2.24, 2.45) is 0 Å². The minimum atomic E-state index is -4.45. The molecule has 1 amide bonds. The lowest BCUT2D eigenvalue weighted by molar-refractivity contribution is -0.137. The smallest absolute Gasteiger partial charge is 0.325 e. The molecule has 0 spiro atoms. The molecule has 3 rings (SSSR count). The van der Waals surface area contributed by atoms with Gasteiger partial charge < -0.3 is 9.88 Å². The largest absolute Gasteiger partial charge is 0.416 e. The lowest BCUT2D eigenvalue weighted by Gasteiger charge is -2.12. The number of aromatic nitrogens is 3. The van der Waals surface area contributed by atoms with Gasteiger partial charge in [-0.25, -0.2) is 0 Å². The molecular formula is C19H21F3N4OS. The van der Waals surface area contributed by atoms with Gasteiger partial charge in [-0.2, -0.15) is 13.2 Å². The molecule has 9 heteroatoms. The fraction of sp³-hybridized carbons (Fsp3) is 0.421. The maximum Gasteiger partial charge on any atom is 0.416 e. The van der Waals surface area contributed by atoms with E-state index in [4.69, 9.17) is 0 Å². The van der Waals surface area contributed by atoms with Crippen molar-refractivity contribution in [2.45, 2.75) is 49.5 Å². The minimum Gasteiger partial charge on any atom is -0.325 e. The van der Waals surface area contributed by atoms with Crippen LogP contribution >= 0.6 is 11.8 Å². The number of carbonyl (C=O) groups excluding carboxylic acids is 1. The summed E-state index contributed by atoms with van der Waals surface area (Å²) in [5.41, 5.74) is -0.690. The van der Waals surface area contributed by atoms with E-state index >= 15 is 0 Å². The van der Waals surface area contributed by atoms with Crippen LogP contribution in [-0.2, 0) is 17.5 Å². The van der Waals surface area contributed by atoms with Gasteiger partial charge in [-0.3, -0.25) is 4.79 Å². The second-order valence-corrected chi connectivity index (χ2v) is 7.58. The van der Waals surface area contributed by atoms with Crippen LogP contribution in [0.15, 0.2) is 42.1 Å². The molecule has 1 aliphatic rings. The molecule has 1 N–H and O–H groups in total. The first kappa shape index (κ1) is 20.4. The van der Waals surface area contributed by atoms with Gasteiger partial charge in [0.1, 0.15) is 5.82 Å². The number of anilines is 1. The lowest BCUT2D eigenvalue weighted by Crippen LogP contribution is -2.15. The number of alkyl halides is 3. The van der Waals surface area contributed by atoms with E-state index in [9.17, 15) is 18.0 Å². The van der Waals surface area contributed by atoms with E-state index < -0.39 is 17.6 Å². The summed E-state index contributed by atoms with van der Waals surface area (Å²) in [6.07, 6.45) is 1.81. The molecule has 1 heterocycles. The molecule has 0 unspecified atom stereocenters. The summed E-state index contributed by atoms with van der Waals surface area (Å²) in [5, 5.41) is 11.6. The topological polar surface area (TPSA) is 59.8 Å². The number of allylic oxidation sites excluding steroid dienone is 1. The Labute approximate surface area is 165 Å². The number of thioether (sulfide) groups is 1. The Morgan fingerprint density at radius 1 is 1.32 bits per heavy atom. The van der Waals surface area contributed by atoms with Crippen LogP contribution in [0.4, 0.5) is 18.9 Å². The van der Waals surface area contributed by atoms with Crippen LogP contribution in [0.3, 0.4) is 0 Å². The van der Waals surface area contributed by atoms with Gasteiger partial charge >= 0.3 is 6.18 Å². The van der Waals surface area contributed by atoms with Crippen molar-refractivity contribution < 1.29 is 18.0 Å². The van der Waals surface area contributed by atoms with E-state index in [1.807, 2.05) is 4.57 Å². The summed E-state index contributed by atoms with van der Waals surface area (Å²) in [6.45, 7) is 4.32. The first-order valence-corrected chi connectivity index (χ1v) is 10.0. The summed E-state index contributed by atoms with van der Waals surface area (Å²) in [6, 6.07) is 4.57. The zero-order valence-corrected chi connectivity index (χ0v) is 16.0. The Bertz CT molecular complexity index is 844. The van der Waals surface area contributed by atoms with Crippen LogP contribution in [0.2, 0.25) is 0 Å². The van der Waals surface area contributed by atoms with E-state index in [1.165, 1.54) is 36.7 Å². The molecule has 5 nitrogen and oxygen atoms in total. The van der Waals surface area contributed by atoms with Crippen molar-refractivity contribution in [3.8, 4) is 0 Å². The number of halogens is 3. The van der Waals surface area contributed by atoms with Crippen LogP contribution < -0.4 is 5.32 Å². The molecule has 1 aromatic carbocycles. The van der Waals surface area contributed by atoms with Gasteiger partial charge in [0.15, 0.2) is 5.16 Å². The maximum absolute atomic E-state index is 12.8. The van der Waals surface area contributed by atoms with Crippen LogP contribution in [0.1, 0.15) is 43.0 Å². The first-order valence-electron chi connectivity index (χ1n) is 9.02. The second kappa shape index (κ2) is 8.81. The number of rotatable bonds is 7. The average molecular weight is 410 g/mol. The number of benzene rings is 1. The Morgan fingerprint density at radius 2 is 2.07 bits per heavy atom. The zero-order valence-electron chi connectivity index (χ0n) is 15.2. The average Bonchev–Trinajstić information content (AvgIpc) is 3.29. The van der Waals surface area contributed by atoms with E-state index in [1.54, 1.807) is 6.08 Å². The number of nitrogens with one attached hydrogen (secondary N) is 1. The molecule has 150 valence electrons. The molecule has 0 atom stereocenters. The van der Waals surface area contributed by atoms with Crippen molar-refractivity contribution in [3.63, 3.8) is 0 Å². The van der Waals surface area contributed by atoms with Crippen molar-refractivity contribution in [2.75, 3.05) is 11.1 Å². The summed E-state index contributed by atoms with van der Waals surface area (Å²) in [7, 11) is 0. The molecule has 0 aliphatic heterocycles. The van der Waals surface area contributed by atoms with Gasteiger partial charge in [0.2, 0.25) is 5.91 Å². The van der Waals surface area contributed by atoms with Gasteiger partial charge in [0.25, 0.3) is 0 Å². The predicted molar refractivity (Wildman–Crippen MR) is 102 cm³/mol. The summed E-state index contributed by atoms with van der Waals surface area (Å²) in [5.74, 6) is 0.912. The number of carbonyl (C=O) groups is 1. The first-order chi connectivity index (χ1) is 13.4. The Hall–Kier alpha value is -2.29. The molecule has 1 aliphatic carbocycles. The fourth-order valence-corrected chi connectivity index (χ4v) is 4.05. The molecule has 28 heavy (non-hydrogen) atoms. The van der Waals surface area contributed by atoms with Gasteiger partial charge in [0.05, 0.1) is 11.3 Å². The monoisotopic (exact) mass is 410 g/mol. The number of amides is 1. The molecule has 0 radical (unpaired) electrons. The number of hydrogen-bond acceptors (Lipinski definition) is 4. The van der Waals surface area contributed by atoms with E-state index in [0.29, 0.717) is 17.6 Å². The van der Waals surface area contributed by atoms with Crippen molar-refractivity contribution in [1.29, 1.82) is 0 Å². The lowest BCUT2D eigenvalue weighted by atomic mass is 10.1. The van der Waals surface area contributed by atoms with E-state index in [-0.39, 0.29) is 11.4 Å². The normalized spacial score (nSPS) is 15.0. The SMILES string of the molecule is C=CCn1c(SCC(=O)Nc2cccc(C(F)(F)F)c2)nnc1C1CCCC1. The predicted octanol–water partition coefficient (Wildman–Crippen LogP) is 4.87. The molecule has 1 fully saturated rings. The third-order valence-electron chi connectivity index (χ3n) is 4.58. The molecular weight excluding hydrogens is 389 g/mol. The van der Waals surface area contributed by atoms with E-state index in [0.717, 1.165) is 30.8 Å². The summed E-state index contributed by atoms with van der Waals surface area (Å²) < 4.78 is 40.3. The molecule has 1 saturated carbocycles. The highest BCUT2D eigenvalue weighted by Crippen LogP contribution is 2.34. The molecule has 1 aromatic heterocycles. The quantitative estimate of drug-likeness (QED) is 0.523. The Morgan fingerprint density at radius 3 is 2.75 bits per heavy atom. The van der Waals surface area contributed by atoms with Crippen molar-refractivity contribution >= 4 is 23.4 Å². The molecule has 0 saturated heterocycles. The summed E-state index contributed by atoms with van der Waals surface area (Å²) >= 11 is 1.21. The summed E-state index contributed by atoms with van der Waals surface area (Å²) in [4.78, 5) is 12.2. The highest BCUT2D eigenvalue weighted by Gasteiger charge is 2.30. The van der Waals surface area contributed by atoms with Crippen molar-refractivity contribution in [1.82, 2.24) is 14.8 Å². The van der Waals surface area contributed by atoms with Gasteiger partial charge in [-0.05, 0) is 31.0 Å². The number of nitrogens with zero attached hydrogens (tertiary/aromatic N) is 3. The molecule has 0 bridgehead atoms. The third-order valence-corrected chi connectivity index (χ3v) is 5.55. The van der Waals surface area contributed by atoms with Crippen LogP contribution in [0.25, 0.3) is 0 Å². The highest BCUT2D eigenvalue weighted by atomic mass is 32.2. The fourth-order valence-electron chi connectivity index (χ4n) is 3.29. The third kappa shape index (κ3) is 4.95. The minimum absolute atomic E-state index is 0.0240. The van der Waals surface area contributed by atoms with Crippen LogP contribution in [0.5, 0.6) is 0 Å². The standard InChI is InChI=1S/C19H21F3N4OS/c1-2-10-26-17(13-6-3-4-7-13)24-25-18(26)28-12-16(27)23-15-9-5-8-14(11-15)19(20,21)22/h2,5,8-9,11,13H,1,3-4,6-7,10,12H2,(H,23,27). The van der Waals surface area contributed by atoms with Gasteiger partial charge in [-0.15, -0.1) is 16.8 Å². The highest BCUT2D eigenvalue weighted by molar-refractivity contribution is 7.99. The number of hydrogen-bond donors (Lipinski definition) is 1. The van der Waals surface area contributed by atoms with Crippen LogP contribution in [-0.4, -0.2) is 26.4 Å². The maximum atomic E-state index is 12.8. The van der Waals surface area contributed by atoms with Gasteiger partial charge in [-0.1, -0.05) is 36.7 Å². The molecule has 2 aromatic rings. The Kier molecular flexibility index (Phi) is 6.43. The zero-order chi connectivity index (χ0) is 20.1.